The van der Waals surface area contributed by atoms with Crippen molar-refractivity contribution in [3.8, 4) is 16.9 Å². The minimum atomic E-state index is 0.602. The number of hydrogen-bond donors (Lipinski definition) is 2. The van der Waals surface area contributed by atoms with Crippen LogP contribution in [0.15, 0.2) is 73.2 Å². The summed E-state index contributed by atoms with van der Waals surface area (Å²) in [7, 11) is 1.67. The van der Waals surface area contributed by atoms with Gasteiger partial charge < -0.3 is 15.0 Å². The van der Waals surface area contributed by atoms with Crippen molar-refractivity contribution in [1.29, 1.82) is 0 Å². The fourth-order valence-corrected chi connectivity index (χ4v) is 3.58. The van der Waals surface area contributed by atoms with Crippen molar-refractivity contribution in [3.63, 3.8) is 0 Å². The lowest BCUT2D eigenvalue weighted by atomic mass is 9.98. The number of pyridine rings is 3. The highest BCUT2D eigenvalue weighted by molar-refractivity contribution is 6.05. The van der Waals surface area contributed by atoms with Gasteiger partial charge in [0, 0.05) is 29.4 Å². The third-order valence-corrected chi connectivity index (χ3v) is 4.95. The average molecular weight is 381 g/mol. The number of methoxy groups -OCH3 is 1. The van der Waals surface area contributed by atoms with Crippen LogP contribution in [0.25, 0.3) is 33.1 Å². The first-order valence-electron chi connectivity index (χ1n) is 9.37. The number of rotatable bonds is 5. The van der Waals surface area contributed by atoms with Gasteiger partial charge in [0.25, 0.3) is 0 Å². The fraction of sp³-hybridized carbons (Fsp3) is 0.0870. The van der Waals surface area contributed by atoms with Gasteiger partial charge in [-0.25, -0.2) is 4.98 Å². The summed E-state index contributed by atoms with van der Waals surface area (Å²) in [5.41, 5.74) is 4.80. The largest absolute Gasteiger partial charge is 0.494 e. The lowest BCUT2D eigenvalue weighted by Crippen LogP contribution is -2.03. The van der Waals surface area contributed by atoms with Gasteiger partial charge in [0.05, 0.1) is 19.3 Å². The smallest absolute Gasteiger partial charge is 0.145 e. The lowest BCUT2D eigenvalue weighted by Gasteiger charge is -2.13. The molecule has 5 rings (SSSR count). The Hall–Kier alpha value is -3.93. The van der Waals surface area contributed by atoms with Crippen molar-refractivity contribution < 1.29 is 4.74 Å². The molecule has 6 heteroatoms. The molecule has 29 heavy (non-hydrogen) atoms. The predicted molar refractivity (Wildman–Crippen MR) is 115 cm³/mol. The van der Waals surface area contributed by atoms with Gasteiger partial charge in [-0.15, -0.1) is 0 Å². The summed E-state index contributed by atoms with van der Waals surface area (Å²) in [5, 5.41) is 5.49. The topological polar surface area (TPSA) is 75.7 Å². The van der Waals surface area contributed by atoms with Gasteiger partial charge in [0.15, 0.2) is 0 Å². The van der Waals surface area contributed by atoms with Crippen LogP contribution in [0.3, 0.4) is 0 Å². The molecule has 6 nitrogen and oxygen atoms in total. The molecule has 0 saturated carbocycles. The molecule has 0 unspecified atom stereocenters. The Balaban J connectivity index is 1.63. The van der Waals surface area contributed by atoms with Crippen LogP contribution in [0.5, 0.6) is 5.75 Å². The van der Waals surface area contributed by atoms with Gasteiger partial charge in [-0.3, -0.25) is 9.97 Å². The summed E-state index contributed by atoms with van der Waals surface area (Å²) in [6.07, 6.45) is 5.49. The van der Waals surface area contributed by atoms with E-state index in [9.17, 15) is 0 Å². The zero-order valence-electron chi connectivity index (χ0n) is 15.9. The number of aromatic amines is 1. The first-order chi connectivity index (χ1) is 14.3. The van der Waals surface area contributed by atoms with Gasteiger partial charge in [0.1, 0.15) is 22.7 Å². The second kappa shape index (κ2) is 7.24. The molecule has 0 fully saturated rings. The zero-order chi connectivity index (χ0) is 19.6. The second-order valence-corrected chi connectivity index (χ2v) is 6.68. The summed E-state index contributed by atoms with van der Waals surface area (Å²) in [4.78, 5) is 16.8. The van der Waals surface area contributed by atoms with Crippen LogP contribution < -0.4 is 10.1 Å². The molecule has 4 aromatic heterocycles. The van der Waals surface area contributed by atoms with E-state index >= 15 is 0 Å². The number of fused-ring (bicyclic) bond motifs is 2. The average Bonchev–Trinajstić information content (AvgIpc) is 3.26. The number of nitrogens with zero attached hydrogens (tertiary/aromatic N) is 3. The van der Waals surface area contributed by atoms with Crippen molar-refractivity contribution in [2.45, 2.75) is 6.54 Å². The Morgan fingerprint density at radius 3 is 2.72 bits per heavy atom. The predicted octanol–water partition coefficient (Wildman–Crippen LogP) is 4.79. The van der Waals surface area contributed by atoms with Gasteiger partial charge in [0.2, 0.25) is 0 Å². The van der Waals surface area contributed by atoms with Crippen LogP contribution in [0.1, 0.15) is 5.69 Å². The zero-order valence-corrected chi connectivity index (χ0v) is 15.9. The van der Waals surface area contributed by atoms with Crippen LogP contribution in [0.2, 0.25) is 0 Å². The fourth-order valence-electron chi connectivity index (χ4n) is 3.58. The Morgan fingerprint density at radius 1 is 0.931 bits per heavy atom. The highest BCUT2D eigenvalue weighted by Crippen LogP contribution is 2.37. The van der Waals surface area contributed by atoms with Gasteiger partial charge in [-0.05, 0) is 53.6 Å². The number of hydrogen-bond acceptors (Lipinski definition) is 5. The Kier molecular flexibility index (Phi) is 4.29. The molecule has 0 spiro atoms. The van der Waals surface area contributed by atoms with Crippen molar-refractivity contribution in [1.82, 2.24) is 19.9 Å². The summed E-state index contributed by atoms with van der Waals surface area (Å²) in [6.45, 7) is 0.602. The summed E-state index contributed by atoms with van der Waals surface area (Å²) in [5.74, 6) is 1.55. The second-order valence-electron chi connectivity index (χ2n) is 6.68. The molecule has 0 saturated heterocycles. The Labute approximate surface area is 167 Å². The van der Waals surface area contributed by atoms with E-state index in [1.54, 1.807) is 19.5 Å². The normalized spacial score (nSPS) is 11.1. The molecule has 4 heterocycles. The number of nitrogens with one attached hydrogen (secondary N) is 2. The third-order valence-electron chi connectivity index (χ3n) is 4.95. The number of anilines is 1. The van der Waals surface area contributed by atoms with Gasteiger partial charge in [-0.1, -0.05) is 12.1 Å². The molecule has 0 atom stereocenters. The van der Waals surface area contributed by atoms with Crippen LogP contribution in [-0.2, 0) is 6.54 Å². The maximum atomic E-state index is 5.50. The number of H-pyrrole nitrogens is 1. The quantitative estimate of drug-likeness (QED) is 0.458. The molecule has 2 N–H and O–H groups in total. The number of benzene rings is 1. The SMILES string of the molecule is COc1ccc(-c2cc(NCc3ccccn3)nc3[nH]ccc23)c2cccnc12. The van der Waals surface area contributed by atoms with Gasteiger partial charge >= 0.3 is 0 Å². The molecule has 0 amide bonds. The molecule has 5 aromatic rings. The first kappa shape index (κ1) is 17.2. The standard InChI is InChI=1S/C23H19N5O/c1-29-20-8-7-16(17-6-4-11-25-22(17)20)19-13-21(28-23-18(19)9-12-26-23)27-14-15-5-2-3-10-24-15/h2-13H,14H2,1H3,(H2,26,27,28). The molecule has 0 aliphatic carbocycles. The monoisotopic (exact) mass is 381 g/mol. The van der Waals surface area contributed by atoms with Crippen LogP contribution in [-0.4, -0.2) is 27.0 Å². The van der Waals surface area contributed by atoms with E-state index in [-0.39, 0.29) is 0 Å². The molecule has 0 aliphatic rings. The first-order valence-corrected chi connectivity index (χ1v) is 9.37. The van der Waals surface area contributed by atoms with E-state index in [0.717, 1.165) is 50.3 Å². The maximum Gasteiger partial charge on any atom is 0.145 e. The van der Waals surface area contributed by atoms with E-state index in [1.165, 1.54) is 0 Å². The van der Waals surface area contributed by atoms with Crippen molar-refractivity contribution in [2.24, 2.45) is 0 Å². The molecule has 142 valence electrons. The van der Waals surface area contributed by atoms with E-state index in [4.69, 9.17) is 9.72 Å². The highest BCUT2D eigenvalue weighted by atomic mass is 16.5. The number of ether oxygens (including phenoxy) is 1. The lowest BCUT2D eigenvalue weighted by molar-refractivity contribution is 0.419. The molecule has 0 radical (unpaired) electrons. The molecular formula is C23H19N5O. The molecule has 0 bridgehead atoms. The summed E-state index contributed by atoms with van der Waals surface area (Å²) >= 11 is 0. The van der Waals surface area contributed by atoms with Crippen molar-refractivity contribution in [3.05, 3.63) is 78.9 Å². The Bertz CT molecular complexity index is 1300. The van der Waals surface area contributed by atoms with Crippen molar-refractivity contribution in [2.75, 3.05) is 12.4 Å². The maximum absolute atomic E-state index is 5.50. The third kappa shape index (κ3) is 3.14. The minimum Gasteiger partial charge on any atom is -0.494 e. The van der Waals surface area contributed by atoms with Crippen LogP contribution in [0, 0.1) is 0 Å². The van der Waals surface area contributed by atoms with E-state index < -0.39 is 0 Å². The summed E-state index contributed by atoms with van der Waals surface area (Å²) in [6, 6.07) is 18.1. The van der Waals surface area contributed by atoms with E-state index in [0.29, 0.717) is 6.54 Å². The number of aromatic nitrogens is 4. The van der Waals surface area contributed by atoms with Gasteiger partial charge in [-0.2, -0.15) is 0 Å². The van der Waals surface area contributed by atoms with E-state index in [2.05, 4.69) is 38.5 Å². The molecular weight excluding hydrogens is 362 g/mol. The summed E-state index contributed by atoms with van der Waals surface area (Å²) < 4.78 is 5.50. The van der Waals surface area contributed by atoms with E-state index in [1.807, 2.05) is 42.6 Å². The molecule has 0 aliphatic heterocycles. The highest BCUT2D eigenvalue weighted by Gasteiger charge is 2.14. The minimum absolute atomic E-state index is 0.602. The molecule has 1 aromatic carbocycles. The van der Waals surface area contributed by atoms with Crippen molar-refractivity contribution >= 4 is 27.8 Å². The Morgan fingerprint density at radius 2 is 1.86 bits per heavy atom. The van der Waals surface area contributed by atoms with Crippen LogP contribution >= 0.6 is 0 Å². The van der Waals surface area contributed by atoms with Crippen LogP contribution in [0.4, 0.5) is 5.82 Å².